The second-order valence-corrected chi connectivity index (χ2v) is 13.0. The van der Waals surface area contributed by atoms with Crippen LogP contribution in [0.25, 0.3) is 11.1 Å². The van der Waals surface area contributed by atoms with Gasteiger partial charge in [-0.25, -0.2) is 0 Å². The number of nitrogens with zero attached hydrogens (tertiary/aromatic N) is 2. The van der Waals surface area contributed by atoms with E-state index in [0.717, 1.165) is 35.3 Å². The van der Waals surface area contributed by atoms with Gasteiger partial charge in [0, 0.05) is 43.0 Å². The number of fused-ring (bicyclic) bond motifs is 1. The van der Waals surface area contributed by atoms with E-state index in [1.165, 1.54) is 12.8 Å². The molecule has 2 saturated carbocycles. The molecule has 7 rings (SSSR count). The van der Waals surface area contributed by atoms with Gasteiger partial charge in [0.05, 0.1) is 22.8 Å². The molecule has 3 aromatic carbocycles. The number of aromatic hydroxyl groups is 1. The minimum Gasteiger partial charge on any atom is -0.507 e. The van der Waals surface area contributed by atoms with Crippen molar-refractivity contribution in [2.45, 2.75) is 68.4 Å². The van der Waals surface area contributed by atoms with Crippen molar-refractivity contribution in [2.75, 3.05) is 19.6 Å². The van der Waals surface area contributed by atoms with Crippen LogP contribution in [0.2, 0.25) is 0 Å². The monoisotopic (exact) mass is 575 g/mol. The fraction of sp³-hybridized carbons (Fsp3) is 0.417. The first-order valence-corrected chi connectivity index (χ1v) is 15.5. The van der Waals surface area contributed by atoms with Gasteiger partial charge in [-0.15, -0.1) is 0 Å². The summed E-state index contributed by atoms with van der Waals surface area (Å²) < 4.78 is 0. The lowest BCUT2D eigenvalue weighted by Gasteiger charge is -2.63. The van der Waals surface area contributed by atoms with E-state index in [2.05, 4.69) is 16.3 Å². The largest absolute Gasteiger partial charge is 0.507 e. The van der Waals surface area contributed by atoms with Crippen molar-refractivity contribution in [3.05, 3.63) is 88.5 Å². The third-order valence-electron chi connectivity index (χ3n) is 10.5. The van der Waals surface area contributed by atoms with Crippen molar-refractivity contribution in [3.63, 3.8) is 0 Å². The van der Waals surface area contributed by atoms with Gasteiger partial charge in [-0.3, -0.25) is 14.5 Å². The molecule has 7 nitrogen and oxygen atoms in total. The smallest absolute Gasteiger partial charge is 0.255 e. The highest BCUT2D eigenvalue weighted by Crippen LogP contribution is 2.60. The molecule has 4 aliphatic rings. The van der Waals surface area contributed by atoms with Crippen LogP contribution in [0.3, 0.4) is 0 Å². The highest BCUT2D eigenvalue weighted by Gasteiger charge is 2.65. The Labute approximate surface area is 252 Å². The Morgan fingerprint density at radius 1 is 1.02 bits per heavy atom. The van der Waals surface area contributed by atoms with Crippen LogP contribution in [0.15, 0.2) is 60.7 Å². The Kier molecular flexibility index (Phi) is 6.87. The number of nitriles is 1. The van der Waals surface area contributed by atoms with Gasteiger partial charge in [0.15, 0.2) is 0 Å². The molecule has 7 heteroatoms. The topological polar surface area (TPSA) is 114 Å². The number of phenolic OH excluding ortho intramolecular Hbond substituents is 1. The lowest BCUT2D eigenvalue weighted by Crippen LogP contribution is -2.73. The number of carbonyl (C=O) groups is 2. The van der Waals surface area contributed by atoms with Crippen molar-refractivity contribution in [1.82, 2.24) is 10.2 Å². The minimum absolute atomic E-state index is 0.0789. The van der Waals surface area contributed by atoms with E-state index in [0.29, 0.717) is 55.7 Å². The number of likely N-dealkylation sites (tertiary alicyclic amines) is 1. The van der Waals surface area contributed by atoms with Crippen molar-refractivity contribution in [2.24, 2.45) is 5.92 Å². The zero-order valence-corrected chi connectivity index (χ0v) is 24.3. The number of benzene rings is 3. The number of hydrogen-bond donors (Lipinski definition) is 3. The Balaban J connectivity index is 1.08. The van der Waals surface area contributed by atoms with Gasteiger partial charge >= 0.3 is 0 Å². The molecule has 43 heavy (non-hydrogen) atoms. The summed E-state index contributed by atoms with van der Waals surface area (Å²) in [5, 5.41) is 36.0. The lowest BCUT2D eigenvalue weighted by molar-refractivity contribution is -0.173. The predicted molar refractivity (Wildman–Crippen MR) is 163 cm³/mol. The highest BCUT2D eigenvalue weighted by molar-refractivity contribution is 5.98. The Bertz CT molecular complexity index is 1620. The molecule has 1 aliphatic heterocycles. The quantitative estimate of drug-likeness (QED) is 0.378. The first-order chi connectivity index (χ1) is 20.8. The maximum Gasteiger partial charge on any atom is 0.255 e. The predicted octanol–water partition coefficient (Wildman–Crippen LogP) is 4.67. The molecule has 1 heterocycles. The second-order valence-electron chi connectivity index (χ2n) is 13.0. The third kappa shape index (κ3) is 4.74. The number of aliphatic hydroxyl groups is 1. The zero-order valence-electron chi connectivity index (χ0n) is 24.3. The van der Waals surface area contributed by atoms with Crippen LogP contribution < -0.4 is 5.32 Å². The summed E-state index contributed by atoms with van der Waals surface area (Å²) in [6.45, 7) is 2.17. The van der Waals surface area contributed by atoms with Crippen LogP contribution in [0.1, 0.15) is 71.1 Å². The number of Topliss-reactive ketones (excluding diaryl/α,β-unsaturated/α-hetero) is 1. The summed E-state index contributed by atoms with van der Waals surface area (Å²) in [6, 6.07) is 21.3. The van der Waals surface area contributed by atoms with Crippen LogP contribution in [0.5, 0.6) is 5.75 Å². The maximum absolute atomic E-state index is 13.4. The van der Waals surface area contributed by atoms with Gasteiger partial charge in [0.2, 0.25) is 0 Å². The van der Waals surface area contributed by atoms with Crippen molar-refractivity contribution in [1.29, 1.82) is 5.26 Å². The standard InChI is InChI=1S/C36H37N3O4/c37-21-24-5-9-27(10-6-24)26-7-3-23(4-8-26)14-17-38-34(42)30-12-11-28-19-31-36(43)15-13-29(40)20-35(36,32(28)33(30)41)16-18-39(31)22-25-1-2-25/h3-12,25,31,41,43H,1-2,13-20,22H2,(H,38,42)/t31-,35-,36-/m1/s1. The van der Waals surface area contributed by atoms with E-state index in [-0.39, 0.29) is 35.5 Å². The number of ketones is 1. The first kappa shape index (κ1) is 27.8. The molecule has 0 aromatic heterocycles. The minimum atomic E-state index is -1.10. The van der Waals surface area contributed by atoms with Gasteiger partial charge in [-0.2, -0.15) is 5.26 Å². The molecule has 0 unspecified atom stereocenters. The van der Waals surface area contributed by atoms with Crippen molar-refractivity contribution in [3.8, 4) is 22.9 Å². The van der Waals surface area contributed by atoms with E-state index in [1.54, 1.807) is 18.2 Å². The summed E-state index contributed by atoms with van der Waals surface area (Å²) in [5.74, 6) is 0.378. The number of phenols is 1. The van der Waals surface area contributed by atoms with Gasteiger partial charge in [-0.1, -0.05) is 42.5 Å². The van der Waals surface area contributed by atoms with Crippen LogP contribution >= 0.6 is 0 Å². The number of hydrogen-bond acceptors (Lipinski definition) is 6. The number of carbonyl (C=O) groups excluding carboxylic acids is 2. The molecule has 0 spiro atoms. The zero-order chi connectivity index (χ0) is 29.8. The Hall–Kier alpha value is -3.99. The van der Waals surface area contributed by atoms with Crippen LogP contribution in [0.4, 0.5) is 0 Å². The molecule has 2 bridgehead atoms. The molecule has 1 saturated heterocycles. The maximum atomic E-state index is 13.4. The third-order valence-corrected chi connectivity index (χ3v) is 10.5. The number of amides is 1. The number of piperidine rings is 1. The van der Waals surface area contributed by atoms with Gasteiger partial charge in [-0.05, 0) is 91.4 Å². The lowest BCUT2D eigenvalue weighted by atomic mass is 9.49. The SMILES string of the molecule is N#Cc1ccc(-c2ccc(CCNC(=O)c3ccc4c(c3O)[C@]35CCN(CC6CC6)[C@H](C4)[C@]3(O)CCC(=O)C5)cc2)cc1. The van der Waals surface area contributed by atoms with E-state index in [1.807, 2.05) is 42.5 Å². The molecule has 1 amide bonds. The summed E-state index contributed by atoms with van der Waals surface area (Å²) >= 11 is 0. The summed E-state index contributed by atoms with van der Waals surface area (Å²) in [6.07, 6.45) is 5.29. The van der Waals surface area contributed by atoms with E-state index in [4.69, 9.17) is 5.26 Å². The summed E-state index contributed by atoms with van der Waals surface area (Å²) in [7, 11) is 0. The number of nitrogens with one attached hydrogen (secondary N) is 1. The Morgan fingerprint density at radius 2 is 1.74 bits per heavy atom. The van der Waals surface area contributed by atoms with Crippen LogP contribution in [-0.4, -0.2) is 58.1 Å². The fourth-order valence-corrected chi connectivity index (χ4v) is 8.05. The van der Waals surface area contributed by atoms with Crippen LogP contribution in [-0.2, 0) is 23.1 Å². The molecular weight excluding hydrogens is 538 g/mol. The summed E-state index contributed by atoms with van der Waals surface area (Å²) in [4.78, 5) is 28.7. The molecule has 0 radical (unpaired) electrons. The highest BCUT2D eigenvalue weighted by atomic mass is 16.3. The molecule has 3 atom stereocenters. The van der Waals surface area contributed by atoms with E-state index in [9.17, 15) is 19.8 Å². The average Bonchev–Trinajstić information content (AvgIpc) is 3.83. The average molecular weight is 576 g/mol. The van der Waals surface area contributed by atoms with E-state index < -0.39 is 11.0 Å². The van der Waals surface area contributed by atoms with Gasteiger partial charge in [0.1, 0.15) is 11.5 Å². The van der Waals surface area contributed by atoms with Crippen molar-refractivity contribution >= 4 is 11.7 Å². The molecule has 3 N–H and O–H groups in total. The fourth-order valence-electron chi connectivity index (χ4n) is 8.05. The molecule has 3 aromatic rings. The first-order valence-electron chi connectivity index (χ1n) is 15.5. The van der Waals surface area contributed by atoms with Crippen molar-refractivity contribution < 1.29 is 19.8 Å². The second kappa shape index (κ2) is 10.6. The molecule has 220 valence electrons. The van der Waals surface area contributed by atoms with Gasteiger partial charge in [0.25, 0.3) is 5.91 Å². The molecule has 3 aliphatic carbocycles. The van der Waals surface area contributed by atoms with Gasteiger partial charge < -0.3 is 15.5 Å². The normalized spacial score (nSPS) is 26.2. The molecule has 3 fully saturated rings. The molecular formula is C36H37N3O4. The summed E-state index contributed by atoms with van der Waals surface area (Å²) in [5.41, 5.74) is 3.59. The number of rotatable bonds is 7. The van der Waals surface area contributed by atoms with Crippen LogP contribution in [0, 0.1) is 17.2 Å². The van der Waals surface area contributed by atoms with E-state index >= 15 is 0 Å². The Morgan fingerprint density at radius 3 is 2.44 bits per heavy atom.